The second-order valence-electron chi connectivity index (χ2n) is 5.66. The summed E-state index contributed by atoms with van der Waals surface area (Å²) in [7, 11) is 0. The fraction of sp³-hybridized carbons (Fsp3) is 0.0526. The van der Waals surface area contributed by atoms with Crippen molar-refractivity contribution in [1.29, 1.82) is 0 Å². The van der Waals surface area contributed by atoms with Gasteiger partial charge in [-0.25, -0.2) is 5.43 Å². The van der Waals surface area contributed by atoms with Crippen molar-refractivity contribution in [1.82, 2.24) is 5.43 Å². The minimum absolute atomic E-state index is 0.0416. The van der Waals surface area contributed by atoms with Gasteiger partial charge in [-0.1, -0.05) is 33.6 Å². The van der Waals surface area contributed by atoms with Gasteiger partial charge >= 0.3 is 0 Å². The Kier molecular flexibility index (Phi) is 6.63. The van der Waals surface area contributed by atoms with Crippen molar-refractivity contribution in [2.75, 3.05) is 6.61 Å². The van der Waals surface area contributed by atoms with Crippen molar-refractivity contribution >= 4 is 45.3 Å². The zero-order valence-electron chi connectivity index (χ0n) is 14.7. The monoisotopic (exact) mass is 477 g/mol. The van der Waals surface area contributed by atoms with Gasteiger partial charge in [0, 0.05) is 16.1 Å². The van der Waals surface area contributed by atoms with Gasteiger partial charge in [-0.15, -0.1) is 0 Å². The second-order valence-corrected chi connectivity index (χ2v) is 6.99. The smallest absolute Gasteiger partial charge is 0.288 e. The second kappa shape index (κ2) is 9.35. The number of amides is 1. The van der Waals surface area contributed by atoms with Crippen molar-refractivity contribution in [3.05, 3.63) is 80.0 Å². The van der Waals surface area contributed by atoms with Gasteiger partial charge in [0.2, 0.25) is 0 Å². The van der Waals surface area contributed by atoms with Crippen LogP contribution in [0.15, 0.2) is 68.6 Å². The minimum Gasteiger partial charge on any atom is -0.484 e. The molecule has 1 N–H and O–H groups in total. The number of nitro groups is 1. The maximum atomic E-state index is 11.8. The van der Waals surface area contributed by atoms with E-state index in [2.05, 4.69) is 26.5 Å². The van der Waals surface area contributed by atoms with Gasteiger partial charge in [0.05, 0.1) is 11.1 Å². The van der Waals surface area contributed by atoms with Crippen molar-refractivity contribution < 1.29 is 18.9 Å². The normalized spacial score (nSPS) is 10.8. The summed E-state index contributed by atoms with van der Waals surface area (Å²) in [6.07, 6.45) is 1.31. The minimum atomic E-state index is -0.567. The lowest BCUT2D eigenvalue weighted by atomic mass is 10.1. The third-order valence-corrected chi connectivity index (χ3v) is 4.41. The van der Waals surface area contributed by atoms with Gasteiger partial charge in [0.25, 0.3) is 11.6 Å². The zero-order chi connectivity index (χ0) is 20.8. The number of benzene rings is 2. The van der Waals surface area contributed by atoms with Crippen LogP contribution >= 0.6 is 27.5 Å². The average molecular weight is 479 g/mol. The van der Waals surface area contributed by atoms with Gasteiger partial charge in [-0.3, -0.25) is 14.9 Å². The summed E-state index contributed by atoms with van der Waals surface area (Å²) in [6.45, 7) is -0.203. The Labute approximate surface area is 178 Å². The number of ether oxygens (including phenoxy) is 1. The molecule has 0 unspecified atom stereocenters. The number of hydrazone groups is 1. The van der Waals surface area contributed by atoms with Crippen LogP contribution in [0.25, 0.3) is 11.3 Å². The summed E-state index contributed by atoms with van der Waals surface area (Å²) in [5.41, 5.74) is 2.60. The first-order valence-electron chi connectivity index (χ1n) is 8.17. The van der Waals surface area contributed by atoms with Crippen LogP contribution in [0.5, 0.6) is 5.75 Å². The summed E-state index contributed by atoms with van der Waals surface area (Å²) in [6, 6.07) is 14.7. The van der Waals surface area contributed by atoms with E-state index in [1.54, 1.807) is 36.4 Å². The van der Waals surface area contributed by atoms with E-state index in [4.69, 9.17) is 20.8 Å². The number of rotatable bonds is 7. The number of nitro benzene ring substituents is 1. The molecule has 10 heteroatoms. The number of furan rings is 1. The molecule has 2 aromatic carbocycles. The lowest BCUT2D eigenvalue weighted by Crippen LogP contribution is -2.24. The first kappa shape index (κ1) is 20.6. The Bertz CT molecular complexity index is 1080. The molecule has 0 atom stereocenters. The highest BCUT2D eigenvalue weighted by Crippen LogP contribution is 2.31. The van der Waals surface area contributed by atoms with E-state index in [0.717, 1.165) is 4.47 Å². The molecule has 8 nitrogen and oxygen atoms in total. The van der Waals surface area contributed by atoms with Gasteiger partial charge in [-0.2, -0.15) is 5.10 Å². The summed E-state index contributed by atoms with van der Waals surface area (Å²) in [5, 5.41) is 14.8. The van der Waals surface area contributed by atoms with Crippen molar-refractivity contribution in [3.63, 3.8) is 0 Å². The molecule has 0 aliphatic carbocycles. The third-order valence-electron chi connectivity index (χ3n) is 3.60. The van der Waals surface area contributed by atoms with E-state index < -0.39 is 10.8 Å². The number of hydrogen-bond acceptors (Lipinski definition) is 6. The van der Waals surface area contributed by atoms with E-state index >= 15 is 0 Å². The summed E-state index contributed by atoms with van der Waals surface area (Å²) < 4.78 is 11.8. The number of nitrogens with zero attached hydrogens (tertiary/aromatic N) is 2. The Morgan fingerprint density at radius 3 is 2.86 bits per heavy atom. The number of hydrogen-bond donors (Lipinski definition) is 1. The zero-order valence-corrected chi connectivity index (χ0v) is 17.0. The third kappa shape index (κ3) is 5.66. The Morgan fingerprint density at radius 2 is 2.10 bits per heavy atom. The molecule has 1 heterocycles. The molecular formula is C19H13BrClN3O5. The molecule has 148 valence electrons. The first-order chi connectivity index (χ1) is 13.9. The number of carbonyl (C=O) groups excluding carboxylic acids is 1. The Balaban J connectivity index is 1.57. The van der Waals surface area contributed by atoms with Crippen LogP contribution in [0.4, 0.5) is 5.69 Å². The molecule has 0 aliphatic heterocycles. The Morgan fingerprint density at radius 1 is 1.28 bits per heavy atom. The summed E-state index contributed by atoms with van der Waals surface area (Å²) in [5.74, 6) is 0.855. The fourth-order valence-corrected chi connectivity index (χ4v) is 2.85. The quantitative estimate of drug-likeness (QED) is 0.298. The van der Waals surface area contributed by atoms with Crippen molar-refractivity contribution in [2.24, 2.45) is 5.10 Å². The van der Waals surface area contributed by atoms with E-state index in [0.29, 0.717) is 22.8 Å². The molecule has 3 rings (SSSR count). The lowest BCUT2D eigenvalue weighted by molar-refractivity contribution is -0.384. The standard InChI is InChI=1S/C19H13BrClN3O5/c20-13-2-1-3-14(9-13)28-11-19(25)23-22-10-15-5-7-18(29-15)12-4-6-16(21)17(8-12)24(26)27/h1-10H,11H2,(H,23,25)/b22-10-. The van der Waals surface area contributed by atoms with Crippen LogP contribution in [-0.4, -0.2) is 23.7 Å². The molecule has 1 amide bonds. The predicted molar refractivity (Wildman–Crippen MR) is 111 cm³/mol. The number of nitrogens with one attached hydrogen (secondary N) is 1. The van der Waals surface area contributed by atoms with Gasteiger partial charge in [0.15, 0.2) is 6.61 Å². The molecule has 0 saturated heterocycles. The molecule has 3 aromatic rings. The highest BCUT2D eigenvalue weighted by atomic mass is 79.9. The van der Waals surface area contributed by atoms with Crippen LogP contribution in [-0.2, 0) is 4.79 Å². The van der Waals surface area contributed by atoms with Crippen molar-refractivity contribution in [3.8, 4) is 17.1 Å². The highest BCUT2D eigenvalue weighted by Gasteiger charge is 2.15. The Hall–Kier alpha value is -3.17. The van der Waals surface area contributed by atoms with Gasteiger partial charge in [0.1, 0.15) is 22.3 Å². The topological polar surface area (TPSA) is 107 Å². The van der Waals surface area contributed by atoms with E-state index in [-0.39, 0.29) is 17.3 Å². The average Bonchev–Trinajstić information content (AvgIpc) is 3.15. The maximum absolute atomic E-state index is 11.8. The first-order valence-corrected chi connectivity index (χ1v) is 9.34. The molecule has 0 radical (unpaired) electrons. The fourth-order valence-electron chi connectivity index (χ4n) is 2.29. The molecule has 0 saturated carbocycles. The lowest BCUT2D eigenvalue weighted by Gasteiger charge is -2.04. The molecular weight excluding hydrogens is 466 g/mol. The molecule has 0 spiro atoms. The van der Waals surface area contributed by atoms with Crippen LogP contribution in [0, 0.1) is 10.1 Å². The number of carbonyl (C=O) groups is 1. The van der Waals surface area contributed by atoms with Crippen LogP contribution < -0.4 is 10.2 Å². The highest BCUT2D eigenvalue weighted by molar-refractivity contribution is 9.10. The predicted octanol–water partition coefficient (Wildman–Crippen LogP) is 4.80. The summed E-state index contributed by atoms with van der Waals surface area (Å²) >= 11 is 9.12. The van der Waals surface area contributed by atoms with E-state index in [9.17, 15) is 14.9 Å². The van der Waals surface area contributed by atoms with Crippen LogP contribution in [0.3, 0.4) is 0 Å². The van der Waals surface area contributed by atoms with Crippen LogP contribution in [0.2, 0.25) is 5.02 Å². The molecule has 0 fully saturated rings. The molecule has 1 aromatic heterocycles. The largest absolute Gasteiger partial charge is 0.484 e. The summed E-state index contributed by atoms with van der Waals surface area (Å²) in [4.78, 5) is 22.2. The van der Waals surface area contributed by atoms with Gasteiger partial charge < -0.3 is 9.15 Å². The molecule has 0 aliphatic rings. The van der Waals surface area contributed by atoms with E-state index in [1.807, 2.05) is 6.07 Å². The van der Waals surface area contributed by atoms with Gasteiger partial charge in [-0.05, 0) is 42.5 Å². The maximum Gasteiger partial charge on any atom is 0.288 e. The molecule has 0 bridgehead atoms. The van der Waals surface area contributed by atoms with E-state index in [1.165, 1.54) is 18.3 Å². The van der Waals surface area contributed by atoms with Crippen molar-refractivity contribution in [2.45, 2.75) is 0 Å². The SMILES string of the molecule is O=C(COc1cccc(Br)c1)N/N=C\c1ccc(-c2ccc(Cl)c([N+](=O)[O-])c2)o1. The van der Waals surface area contributed by atoms with Crippen LogP contribution in [0.1, 0.15) is 5.76 Å². The number of halogens is 2. The molecule has 29 heavy (non-hydrogen) atoms.